The lowest BCUT2D eigenvalue weighted by Gasteiger charge is -2.45. The average Bonchev–Trinajstić information content (AvgIpc) is 1.60. The monoisotopic (exact) mass is 1620 g/mol. The standard InChI is InChI=1S/C71H78N16O19S5/c1-32(88)48-61(94)83-49(33(2)98-6)65-79-44(31-109-65)60(93)84-53-54-55(105-46-23-71(4)56(34(3)104-46)85(5)68(106-71)62(95)73-11-13-87-16-20-100-21-17-87)70(97)102-24-35-8-7-9-38-47(35)37(25-101-54)51(74-38)69(96)103-26-39(75-58(91)42-30-111-67(53)80-42)64-76-40(27-108-64)50-36(63-77-43(29-107-63)59(92)82-48)22-45(89)52(81-50)66-78-41(28-110-66)57(90)72-10-12-86-14-18-99-19-15-86/h7-9,22,27-32,34,39,46,48,53-56,68,74,88-89H,10-21,23-26H2,1-6H3,(H,72,90)(H,73,95)(H,75,91)(H,82,92)(H,83,94)(H,84,93)/t32-,34+,39+,46+,48+,53+,54?,55+,56-,68?,71+/m1/s1. The van der Waals surface area contributed by atoms with Crippen LogP contribution >= 0.6 is 56.7 Å². The first-order chi connectivity index (χ1) is 53.6. The minimum absolute atomic E-state index is 0.0116. The van der Waals surface area contributed by atoms with Crippen molar-refractivity contribution in [1.82, 2.24) is 81.5 Å². The summed E-state index contributed by atoms with van der Waals surface area (Å²) in [7, 11) is 3.10. The van der Waals surface area contributed by atoms with Crippen LogP contribution in [0.25, 0.3) is 49.3 Å². The molecule has 35 nitrogen and oxygen atoms in total. The normalized spacial score (nSPS) is 25.9. The number of ether oxygens (including phenoxy) is 9. The van der Waals surface area contributed by atoms with Gasteiger partial charge in [0, 0.05) is 108 Å². The zero-order chi connectivity index (χ0) is 77.5. The van der Waals surface area contributed by atoms with Gasteiger partial charge in [-0.25, -0.2) is 39.5 Å². The van der Waals surface area contributed by atoms with E-state index < -0.39 is 127 Å². The molecule has 12 bridgehead atoms. The quantitative estimate of drug-likeness (QED) is 0.0587. The van der Waals surface area contributed by atoms with Gasteiger partial charge in [-0.1, -0.05) is 12.1 Å². The largest absolute Gasteiger partial charge is 0.506 e. The third-order valence-electron chi connectivity index (χ3n) is 20.1. The second-order valence-electron chi connectivity index (χ2n) is 27.5. The highest BCUT2D eigenvalue weighted by Crippen LogP contribution is 2.45. The first-order valence-corrected chi connectivity index (χ1v) is 40.1. The highest BCUT2D eigenvalue weighted by Gasteiger charge is 2.59. The van der Waals surface area contributed by atoms with Gasteiger partial charge in [-0.3, -0.25) is 43.5 Å². The number of allylic oxidation sites excluding steroid dienone is 1. The molecule has 4 fully saturated rings. The summed E-state index contributed by atoms with van der Waals surface area (Å²) >= 11 is 4.86. The number of aliphatic hydroxyl groups is 1. The third-order valence-corrected chi connectivity index (χ3v) is 24.6. The van der Waals surface area contributed by atoms with Crippen molar-refractivity contribution in [3.63, 3.8) is 0 Å². The Bertz CT molecular complexity index is 4930. The number of aromatic hydroxyl groups is 1. The number of fused-ring (bicyclic) bond motifs is 16. The number of carbonyl (C=O) groups excluding carboxylic acids is 8. The first-order valence-electron chi connectivity index (χ1n) is 35.7. The molecular weight excluding hydrogens is 1540 g/mol. The van der Waals surface area contributed by atoms with Crippen LogP contribution < -0.4 is 31.9 Å². The molecule has 11 atom stereocenters. The molecule has 4 saturated heterocycles. The lowest BCUT2D eigenvalue weighted by Crippen LogP contribution is -2.59. The predicted molar refractivity (Wildman–Crippen MR) is 400 cm³/mol. The minimum Gasteiger partial charge on any atom is -0.506 e. The maximum Gasteiger partial charge on any atom is 0.355 e. The molecule has 0 saturated carbocycles. The van der Waals surface area contributed by atoms with Crippen molar-refractivity contribution in [2.45, 2.75) is 114 Å². The van der Waals surface area contributed by atoms with Crippen LogP contribution in [0.1, 0.15) is 125 Å². The summed E-state index contributed by atoms with van der Waals surface area (Å²) in [6.07, 6.45) is -8.29. The second kappa shape index (κ2) is 32.8. The number of morpholine rings is 2. The molecular formula is C71H78N16O19S5. The number of hydrogen-bond acceptors (Lipinski definition) is 33. The Morgan fingerprint density at radius 2 is 1.42 bits per heavy atom. The van der Waals surface area contributed by atoms with Crippen LogP contribution in [0.3, 0.4) is 0 Å². The van der Waals surface area contributed by atoms with Crippen LogP contribution in [0.4, 0.5) is 0 Å². The van der Waals surface area contributed by atoms with Gasteiger partial charge in [0.15, 0.2) is 18.6 Å². The summed E-state index contributed by atoms with van der Waals surface area (Å²) < 4.78 is 56.4. The van der Waals surface area contributed by atoms with Gasteiger partial charge in [-0.2, -0.15) is 0 Å². The third kappa shape index (κ3) is 16.1. The number of rotatable bonds is 13. The number of esters is 2. The minimum atomic E-state index is -1.87. The van der Waals surface area contributed by atoms with Gasteiger partial charge in [0.25, 0.3) is 29.5 Å². The molecule has 0 spiro atoms. The Morgan fingerprint density at radius 3 is 2.16 bits per heavy atom. The molecule has 0 aliphatic carbocycles. The molecule has 15 rings (SSSR count). The van der Waals surface area contributed by atoms with Crippen molar-refractivity contribution in [1.29, 1.82) is 0 Å². The molecule has 40 heteroatoms. The number of H-pyrrole nitrogens is 1. The van der Waals surface area contributed by atoms with Gasteiger partial charge >= 0.3 is 11.9 Å². The number of nitrogens with zero attached hydrogens (tertiary/aromatic N) is 9. The number of benzene rings is 1. The van der Waals surface area contributed by atoms with Crippen molar-refractivity contribution in [2.24, 2.45) is 0 Å². The number of pyridine rings is 1. The number of aromatic nitrogens is 7. The predicted octanol–water partition coefficient (Wildman–Crippen LogP) is 3.70. The molecule has 6 amide bonds. The number of cyclic esters (lactones) is 2. The zero-order valence-corrected chi connectivity index (χ0v) is 64.8. The van der Waals surface area contributed by atoms with Crippen LogP contribution in [-0.2, 0) is 70.2 Å². The van der Waals surface area contributed by atoms with E-state index in [1.54, 1.807) is 42.5 Å². The maximum absolute atomic E-state index is 15.5. The lowest BCUT2D eigenvalue weighted by molar-refractivity contribution is -0.269. The van der Waals surface area contributed by atoms with Crippen molar-refractivity contribution < 1.29 is 91.2 Å². The number of thiazole rings is 5. The highest BCUT2D eigenvalue weighted by molar-refractivity contribution is 7.14. The molecule has 111 heavy (non-hydrogen) atoms. The van der Waals surface area contributed by atoms with E-state index in [4.69, 9.17) is 57.6 Å². The Balaban J connectivity index is 0.828. The number of hydrogen-bond donors (Lipinski definition) is 9. The summed E-state index contributed by atoms with van der Waals surface area (Å²) in [5, 5.41) is 48.6. The molecule has 586 valence electrons. The van der Waals surface area contributed by atoms with Gasteiger partial charge in [0.1, 0.15) is 125 Å². The van der Waals surface area contributed by atoms with Crippen molar-refractivity contribution in [3.05, 3.63) is 112 Å². The Hall–Kier alpha value is -9.24. The Labute approximate surface area is 653 Å². The van der Waals surface area contributed by atoms with Crippen molar-refractivity contribution in [2.75, 3.05) is 99.5 Å². The molecule has 8 aromatic rings. The van der Waals surface area contributed by atoms with Gasteiger partial charge < -0.3 is 89.7 Å². The summed E-state index contributed by atoms with van der Waals surface area (Å²) in [4.78, 5) is 156. The molecule has 7 aromatic heterocycles. The topological polar surface area (TPSA) is 435 Å². The van der Waals surface area contributed by atoms with E-state index in [0.717, 1.165) is 82.9 Å². The van der Waals surface area contributed by atoms with E-state index in [1.807, 2.05) is 6.92 Å². The number of likely N-dealkylation sites (N-methyl/N-ethyl adjacent to an activating group) is 1. The van der Waals surface area contributed by atoms with Crippen LogP contribution in [0.5, 0.6) is 5.75 Å². The van der Waals surface area contributed by atoms with E-state index in [2.05, 4.69) is 61.6 Å². The molecule has 9 N–H and O–H groups in total. The summed E-state index contributed by atoms with van der Waals surface area (Å²) in [5.41, 5.74) is -0.576. The van der Waals surface area contributed by atoms with E-state index in [0.29, 0.717) is 69.1 Å². The number of amides is 6. The van der Waals surface area contributed by atoms with Crippen LogP contribution in [0.2, 0.25) is 0 Å². The molecule has 7 aliphatic heterocycles. The fourth-order valence-electron chi connectivity index (χ4n) is 14.5. The van der Waals surface area contributed by atoms with E-state index in [-0.39, 0.29) is 112 Å². The molecule has 7 aliphatic rings. The highest BCUT2D eigenvalue weighted by atomic mass is 32.1. The van der Waals surface area contributed by atoms with Crippen LogP contribution in [0, 0.1) is 0 Å². The number of nitrogens with one attached hydrogen (secondary N) is 7. The summed E-state index contributed by atoms with van der Waals surface area (Å²) in [6, 6.07) is 1.43. The second-order valence-corrected chi connectivity index (χ2v) is 31.8. The van der Waals surface area contributed by atoms with Gasteiger partial charge in [-0.15, -0.1) is 56.7 Å². The van der Waals surface area contributed by atoms with Gasteiger partial charge in [0.05, 0.1) is 64.0 Å². The van der Waals surface area contributed by atoms with Crippen LogP contribution in [0.15, 0.2) is 56.9 Å². The Morgan fingerprint density at radius 1 is 0.766 bits per heavy atom. The SMILES string of the molecule is COC(C)=C1NC(=O)[C@H]([C@@H](C)O)NC(=O)c2csc(n2)-c2cc(O)c(-c3nc(C(=O)NCCN4CCOCC4)cs3)nc2-c2csc(n2)[C@@H]2COC(=O)c3[nH]c4cccc5c4c3COC([C@H](O[C@H]3C[C@]4(C)OC(C(=O)NCCN6CCOCC6)N(C)[C@@H]4[C@H](C)O3)C(=O)OC5)[C@H](NC(=O)c3csc1n3)c1nc(cs1)C(=O)N2. The molecule has 1 aromatic carbocycles. The average molecular weight is 1620 g/mol. The van der Waals surface area contributed by atoms with Crippen molar-refractivity contribution >= 4 is 121 Å². The van der Waals surface area contributed by atoms with Crippen molar-refractivity contribution in [3.8, 4) is 38.4 Å². The summed E-state index contributed by atoms with van der Waals surface area (Å²) in [6.45, 7) is 12.2. The molecule has 14 heterocycles. The fraction of sp³-hybridized carbons (Fsp3) is 0.465. The molecule has 0 radical (unpaired) electrons. The van der Waals surface area contributed by atoms with E-state index >= 15 is 19.2 Å². The maximum atomic E-state index is 15.5. The Kier molecular flexibility index (Phi) is 22.8. The van der Waals surface area contributed by atoms with E-state index in [9.17, 15) is 29.4 Å². The van der Waals surface area contributed by atoms with Gasteiger partial charge in [-0.05, 0) is 52.4 Å². The van der Waals surface area contributed by atoms with Gasteiger partial charge in [0.2, 0.25) is 5.91 Å². The number of carbonyl (C=O) groups is 8. The molecule has 2 unspecified atom stereocenters. The zero-order valence-electron chi connectivity index (χ0n) is 60.7. The lowest BCUT2D eigenvalue weighted by atomic mass is 9.86. The summed E-state index contributed by atoms with van der Waals surface area (Å²) in [5.74, 6) is -6.63. The number of aliphatic hydroxyl groups excluding tert-OH is 1. The number of methoxy groups -OCH3 is 1. The van der Waals surface area contributed by atoms with Crippen LogP contribution in [-0.4, -0.2) is 261 Å². The smallest absolute Gasteiger partial charge is 0.355 e. The van der Waals surface area contributed by atoms with E-state index in [1.165, 1.54) is 48.5 Å². The first kappa shape index (κ1) is 77.1. The fourth-order valence-corrected chi connectivity index (χ4v) is 18.6. The number of aromatic amines is 1.